The molecule has 26 heavy (non-hydrogen) atoms. The molecule has 0 bridgehead atoms. The fraction of sp³-hybridized carbons (Fsp3) is 0.556. The second kappa shape index (κ2) is 9.50. The van der Waals surface area contributed by atoms with Crippen LogP contribution < -0.4 is 10.6 Å². The molecule has 1 spiro atoms. The van der Waals surface area contributed by atoms with Gasteiger partial charge >= 0.3 is 0 Å². The number of hydrogen-bond donors (Lipinski definition) is 2. The van der Waals surface area contributed by atoms with Crippen molar-refractivity contribution in [1.82, 2.24) is 10.2 Å². The standard InChI is InChI=1S/C18H25FN4O2.HI/c1-2-20-17(23-8-6-18(12-23)7-9-25-13-18)21-11-16(24)22-15-5-3-4-14(19)10-15;/h3-5,10H,2,6-9,11-13H2,1H3,(H,20,21)(H,22,24);1H. The molecule has 2 fully saturated rings. The third-order valence-corrected chi connectivity index (χ3v) is 4.74. The molecule has 3 rings (SSSR count). The Kier molecular flexibility index (Phi) is 7.63. The monoisotopic (exact) mass is 476 g/mol. The number of nitrogens with zero attached hydrogens (tertiary/aromatic N) is 2. The molecule has 2 saturated heterocycles. The highest BCUT2D eigenvalue weighted by molar-refractivity contribution is 14.0. The summed E-state index contributed by atoms with van der Waals surface area (Å²) in [6.07, 6.45) is 2.18. The maximum absolute atomic E-state index is 13.2. The quantitative estimate of drug-likeness (QED) is 0.398. The summed E-state index contributed by atoms with van der Waals surface area (Å²) in [5, 5.41) is 5.92. The predicted molar refractivity (Wildman–Crippen MR) is 110 cm³/mol. The van der Waals surface area contributed by atoms with Gasteiger partial charge < -0.3 is 20.3 Å². The average Bonchev–Trinajstić information content (AvgIpc) is 3.22. The minimum absolute atomic E-state index is 0. The normalized spacial score (nSPS) is 22.4. The van der Waals surface area contributed by atoms with Gasteiger partial charge in [0.1, 0.15) is 12.4 Å². The molecule has 1 atom stereocenters. The Hall–Kier alpha value is -1.42. The van der Waals surface area contributed by atoms with Crippen LogP contribution in [0.4, 0.5) is 10.1 Å². The van der Waals surface area contributed by atoms with Crippen molar-refractivity contribution in [2.45, 2.75) is 19.8 Å². The zero-order valence-corrected chi connectivity index (χ0v) is 17.3. The number of hydrogen-bond acceptors (Lipinski definition) is 3. The minimum Gasteiger partial charge on any atom is -0.381 e. The number of benzene rings is 1. The summed E-state index contributed by atoms with van der Waals surface area (Å²) in [4.78, 5) is 18.7. The van der Waals surface area contributed by atoms with Crippen molar-refractivity contribution in [2.24, 2.45) is 10.4 Å². The summed E-state index contributed by atoms with van der Waals surface area (Å²) in [7, 11) is 0. The first kappa shape index (κ1) is 20.9. The van der Waals surface area contributed by atoms with Crippen molar-refractivity contribution in [1.29, 1.82) is 0 Å². The van der Waals surface area contributed by atoms with Crippen molar-refractivity contribution < 1.29 is 13.9 Å². The zero-order valence-electron chi connectivity index (χ0n) is 15.0. The number of ether oxygens (including phenoxy) is 1. The summed E-state index contributed by atoms with van der Waals surface area (Å²) in [5.74, 6) is 0.107. The minimum atomic E-state index is -0.379. The van der Waals surface area contributed by atoms with Crippen LogP contribution >= 0.6 is 24.0 Å². The second-order valence-electron chi connectivity index (χ2n) is 6.70. The molecule has 1 unspecified atom stereocenters. The molecule has 1 aromatic carbocycles. The number of guanidine groups is 1. The number of carbonyl (C=O) groups is 1. The van der Waals surface area contributed by atoms with E-state index in [0.29, 0.717) is 5.69 Å². The van der Waals surface area contributed by atoms with Crippen molar-refractivity contribution >= 4 is 41.5 Å². The largest absolute Gasteiger partial charge is 0.381 e. The number of rotatable bonds is 4. The van der Waals surface area contributed by atoms with Gasteiger partial charge in [0.2, 0.25) is 5.91 Å². The van der Waals surface area contributed by atoms with Crippen LogP contribution in [0, 0.1) is 11.2 Å². The van der Waals surface area contributed by atoms with Gasteiger partial charge in [-0.1, -0.05) is 6.07 Å². The van der Waals surface area contributed by atoms with Gasteiger partial charge in [0.25, 0.3) is 0 Å². The van der Waals surface area contributed by atoms with E-state index in [1.807, 2.05) is 6.92 Å². The third kappa shape index (κ3) is 5.29. The molecule has 2 aliphatic heterocycles. The number of nitrogens with one attached hydrogen (secondary N) is 2. The summed E-state index contributed by atoms with van der Waals surface area (Å²) in [6, 6.07) is 5.84. The van der Waals surface area contributed by atoms with Crippen LogP contribution in [0.1, 0.15) is 19.8 Å². The smallest absolute Gasteiger partial charge is 0.246 e. The molecule has 6 nitrogen and oxygen atoms in total. The van der Waals surface area contributed by atoms with E-state index in [-0.39, 0.29) is 47.7 Å². The van der Waals surface area contributed by atoms with Crippen LogP contribution in [0.25, 0.3) is 0 Å². The average molecular weight is 476 g/mol. The van der Waals surface area contributed by atoms with Crippen LogP contribution in [-0.2, 0) is 9.53 Å². The molecule has 0 aliphatic carbocycles. The van der Waals surface area contributed by atoms with Gasteiger partial charge in [0.05, 0.1) is 6.61 Å². The van der Waals surface area contributed by atoms with Crippen LogP contribution in [0.15, 0.2) is 29.3 Å². The molecule has 8 heteroatoms. The first-order valence-electron chi connectivity index (χ1n) is 8.77. The molecule has 0 saturated carbocycles. The van der Waals surface area contributed by atoms with Gasteiger partial charge in [-0.2, -0.15) is 0 Å². The Morgan fingerprint density at radius 1 is 1.42 bits per heavy atom. The highest BCUT2D eigenvalue weighted by atomic mass is 127. The summed E-state index contributed by atoms with van der Waals surface area (Å²) < 4.78 is 18.7. The number of amides is 1. The van der Waals surface area contributed by atoms with E-state index < -0.39 is 0 Å². The zero-order chi connectivity index (χ0) is 17.7. The Morgan fingerprint density at radius 3 is 2.96 bits per heavy atom. The highest BCUT2D eigenvalue weighted by Crippen LogP contribution is 2.38. The topological polar surface area (TPSA) is 66.0 Å². The molecule has 1 aromatic rings. The van der Waals surface area contributed by atoms with E-state index >= 15 is 0 Å². The number of anilines is 1. The molecular formula is C18H26FIN4O2. The van der Waals surface area contributed by atoms with Gasteiger partial charge in [-0.3, -0.25) is 4.79 Å². The Balaban J connectivity index is 0.00000243. The lowest BCUT2D eigenvalue weighted by Gasteiger charge is -2.24. The number of likely N-dealkylation sites (tertiary alicyclic amines) is 1. The van der Waals surface area contributed by atoms with Gasteiger partial charge in [-0.25, -0.2) is 9.38 Å². The number of carbonyl (C=O) groups excluding carboxylic acids is 1. The van der Waals surface area contributed by atoms with E-state index in [1.54, 1.807) is 12.1 Å². The summed E-state index contributed by atoms with van der Waals surface area (Å²) in [6.45, 7) is 6.21. The van der Waals surface area contributed by atoms with E-state index in [2.05, 4.69) is 20.5 Å². The fourth-order valence-electron chi connectivity index (χ4n) is 3.43. The molecule has 144 valence electrons. The van der Waals surface area contributed by atoms with Gasteiger partial charge in [-0.05, 0) is 38.0 Å². The predicted octanol–water partition coefficient (Wildman–Crippen LogP) is 2.46. The molecular weight excluding hydrogens is 450 g/mol. The van der Waals surface area contributed by atoms with Crippen molar-refractivity contribution in [3.63, 3.8) is 0 Å². The van der Waals surface area contributed by atoms with Gasteiger partial charge in [-0.15, -0.1) is 24.0 Å². The van der Waals surface area contributed by atoms with Crippen molar-refractivity contribution in [3.8, 4) is 0 Å². The van der Waals surface area contributed by atoms with Crippen LogP contribution in [0.2, 0.25) is 0 Å². The maximum Gasteiger partial charge on any atom is 0.246 e. The molecule has 2 aliphatic rings. The fourth-order valence-corrected chi connectivity index (χ4v) is 3.43. The maximum atomic E-state index is 13.2. The number of halogens is 2. The van der Waals surface area contributed by atoms with Gasteiger partial charge in [0.15, 0.2) is 5.96 Å². The SMILES string of the molecule is CCNC(=NCC(=O)Nc1cccc(F)c1)N1CCC2(CCOC2)C1.I. The lowest BCUT2D eigenvalue weighted by Crippen LogP contribution is -2.42. The number of aliphatic imine (C=N–C) groups is 1. The molecule has 2 heterocycles. The second-order valence-corrected chi connectivity index (χ2v) is 6.70. The van der Waals surface area contributed by atoms with Crippen LogP contribution in [0.3, 0.4) is 0 Å². The van der Waals surface area contributed by atoms with Gasteiger partial charge in [0, 0.05) is 37.3 Å². The molecule has 2 N–H and O–H groups in total. The van der Waals surface area contributed by atoms with Crippen molar-refractivity contribution in [3.05, 3.63) is 30.1 Å². The van der Waals surface area contributed by atoms with Crippen LogP contribution in [0.5, 0.6) is 0 Å². The molecule has 0 aromatic heterocycles. The molecule has 1 amide bonds. The highest BCUT2D eigenvalue weighted by Gasteiger charge is 2.42. The first-order chi connectivity index (χ1) is 12.1. The summed E-state index contributed by atoms with van der Waals surface area (Å²) >= 11 is 0. The van der Waals surface area contributed by atoms with E-state index in [9.17, 15) is 9.18 Å². The lowest BCUT2D eigenvalue weighted by molar-refractivity contribution is -0.114. The van der Waals surface area contributed by atoms with Crippen LogP contribution in [-0.4, -0.2) is 56.2 Å². The Labute approximate surface area is 170 Å². The lowest BCUT2D eigenvalue weighted by atomic mass is 9.87. The van der Waals surface area contributed by atoms with E-state index in [0.717, 1.165) is 51.6 Å². The third-order valence-electron chi connectivity index (χ3n) is 4.74. The Bertz CT molecular complexity index is 650. The van der Waals surface area contributed by atoms with Crippen molar-refractivity contribution in [2.75, 3.05) is 44.7 Å². The van der Waals surface area contributed by atoms with E-state index in [1.165, 1.54) is 12.1 Å². The summed E-state index contributed by atoms with van der Waals surface area (Å²) in [5.41, 5.74) is 0.674. The van der Waals surface area contributed by atoms with E-state index in [4.69, 9.17) is 4.74 Å². The molecule has 0 radical (unpaired) electrons. The first-order valence-corrected chi connectivity index (χ1v) is 8.77. The Morgan fingerprint density at radius 2 is 2.27 bits per heavy atom.